The molecule has 0 aliphatic rings. The molecular formula is C13H15N5O2. The van der Waals surface area contributed by atoms with E-state index in [0.717, 1.165) is 0 Å². The van der Waals surface area contributed by atoms with Gasteiger partial charge < -0.3 is 11.1 Å². The van der Waals surface area contributed by atoms with E-state index in [0.29, 0.717) is 11.4 Å². The van der Waals surface area contributed by atoms with E-state index in [4.69, 9.17) is 5.73 Å². The molecule has 7 heteroatoms. The minimum absolute atomic E-state index is 0.529. The lowest BCUT2D eigenvalue weighted by molar-refractivity contribution is -0.120. The summed E-state index contributed by atoms with van der Waals surface area (Å²) < 4.78 is 1.61. The highest BCUT2D eigenvalue weighted by Gasteiger charge is 2.22. The van der Waals surface area contributed by atoms with E-state index in [-0.39, 0.29) is 0 Å². The fourth-order valence-electron chi connectivity index (χ4n) is 1.78. The first-order valence-corrected chi connectivity index (χ1v) is 5.97. The van der Waals surface area contributed by atoms with Crippen LogP contribution in [0.2, 0.25) is 0 Å². The summed E-state index contributed by atoms with van der Waals surface area (Å²) >= 11 is 0. The van der Waals surface area contributed by atoms with Crippen LogP contribution in [-0.4, -0.2) is 21.7 Å². The third-order valence-electron chi connectivity index (χ3n) is 2.65. The fourth-order valence-corrected chi connectivity index (χ4v) is 1.78. The molecule has 0 unspecified atom stereocenters. The Morgan fingerprint density at radius 1 is 1.25 bits per heavy atom. The second-order valence-electron chi connectivity index (χ2n) is 4.22. The summed E-state index contributed by atoms with van der Waals surface area (Å²) in [5, 5.41) is 9.19. The van der Waals surface area contributed by atoms with Crippen molar-refractivity contribution in [1.82, 2.24) is 15.1 Å². The Morgan fingerprint density at radius 3 is 2.50 bits per heavy atom. The summed E-state index contributed by atoms with van der Waals surface area (Å²) in [4.78, 5) is 22.9. The topological polar surface area (TPSA) is 102 Å². The lowest BCUT2D eigenvalue weighted by Crippen LogP contribution is -2.40. The van der Waals surface area contributed by atoms with Crippen molar-refractivity contribution in [3.63, 3.8) is 0 Å². The maximum absolute atomic E-state index is 12.1. The average Bonchev–Trinajstić information content (AvgIpc) is 2.81. The van der Waals surface area contributed by atoms with Crippen molar-refractivity contribution in [3.8, 4) is 0 Å². The van der Waals surface area contributed by atoms with Crippen LogP contribution in [0, 0.1) is 0 Å². The molecule has 0 aliphatic heterocycles. The van der Waals surface area contributed by atoms with Crippen LogP contribution in [-0.2, 0) is 11.8 Å². The number of nitrogens with zero attached hydrogens (tertiary/aromatic N) is 2. The Kier molecular flexibility index (Phi) is 3.99. The van der Waals surface area contributed by atoms with Gasteiger partial charge in [0.15, 0.2) is 0 Å². The van der Waals surface area contributed by atoms with Crippen molar-refractivity contribution in [2.75, 3.05) is 5.32 Å². The Bertz CT molecular complexity index is 608. The van der Waals surface area contributed by atoms with Crippen LogP contribution < -0.4 is 16.4 Å². The molecule has 0 saturated heterocycles. The Hall–Kier alpha value is -2.83. The highest BCUT2D eigenvalue weighted by molar-refractivity contribution is 5.98. The van der Waals surface area contributed by atoms with Gasteiger partial charge in [0.2, 0.25) is 0 Å². The summed E-state index contributed by atoms with van der Waals surface area (Å²) in [7, 11) is 1.77. The number of anilines is 1. The maximum atomic E-state index is 12.1. The highest BCUT2D eigenvalue weighted by Crippen LogP contribution is 2.18. The summed E-state index contributed by atoms with van der Waals surface area (Å²) in [6.07, 6.45) is 1.75. The number of aromatic nitrogens is 2. The lowest BCUT2D eigenvalue weighted by Gasteiger charge is -2.17. The summed E-state index contributed by atoms with van der Waals surface area (Å²) in [5.41, 5.74) is 5.69. The highest BCUT2D eigenvalue weighted by atomic mass is 16.2. The zero-order valence-corrected chi connectivity index (χ0v) is 10.9. The van der Waals surface area contributed by atoms with Crippen LogP contribution in [0.15, 0.2) is 42.6 Å². The van der Waals surface area contributed by atoms with Crippen LogP contribution in [0.5, 0.6) is 0 Å². The smallest absolute Gasteiger partial charge is 0.318 e. The molecule has 0 aliphatic carbocycles. The molecule has 1 atom stereocenters. The summed E-state index contributed by atoms with van der Waals surface area (Å²) in [6.45, 7) is 0. The normalized spacial score (nSPS) is 11.7. The van der Waals surface area contributed by atoms with Gasteiger partial charge in [0, 0.05) is 19.3 Å². The number of imide groups is 1. The zero-order chi connectivity index (χ0) is 14.5. The Morgan fingerprint density at radius 2 is 1.95 bits per heavy atom. The number of carbonyl (C=O) groups excluding carboxylic acids is 2. The largest absolute Gasteiger partial charge is 0.353 e. The molecule has 1 aromatic carbocycles. The molecule has 1 heterocycles. The molecule has 0 saturated carbocycles. The van der Waals surface area contributed by atoms with Gasteiger partial charge in [-0.1, -0.05) is 30.3 Å². The number of rotatable bonds is 4. The maximum Gasteiger partial charge on any atom is 0.318 e. The molecule has 0 spiro atoms. The quantitative estimate of drug-likeness (QED) is 0.765. The number of hydrogen-bond donors (Lipinski definition) is 3. The molecule has 104 valence electrons. The number of amides is 3. The van der Waals surface area contributed by atoms with Crippen LogP contribution in [0.1, 0.15) is 11.6 Å². The van der Waals surface area contributed by atoms with Crippen molar-refractivity contribution in [2.24, 2.45) is 12.8 Å². The standard InChI is InChI=1S/C13H15N5O2/c1-18-8-7-10(17-18)15-11(12(19)16-13(14)20)9-5-3-2-4-6-9/h2-8,11H,1H3,(H,15,17)(H3,14,16,19,20)/t11-/m1/s1. The van der Waals surface area contributed by atoms with Gasteiger partial charge >= 0.3 is 6.03 Å². The number of benzene rings is 1. The monoisotopic (exact) mass is 273 g/mol. The van der Waals surface area contributed by atoms with Gasteiger partial charge in [0.1, 0.15) is 11.9 Å². The van der Waals surface area contributed by atoms with E-state index < -0.39 is 18.0 Å². The predicted octanol–water partition coefficient (Wildman–Crippen LogP) is 0.768. The lowest BCUT2D eigenvalue weighted by atomic mass is 10.1. The molecule has 20 heavy (non-hydrogen) atoms. The number of carbonyl (C=O) groups is 2. The SMILES string of the molecule is Cn1ccc(N[C@@H](C(=O)NC(N)=O)c2ccccc2)n1. The number of hydrogen-bond acceptors (Lipinski definition) is 4. The molecule has 1 aromatic heterocycles. The minimum atomic E-state index is -0.890. The van der Waals surface area contributed by atoms with Crippen LogP contribution >= 0.6 is 0 Å². The van der Waals surface area contributed by atoms with Crippen LogP contribution in [0.3, 0.4) is 0 Å². The zero-order valence-electron chi connectivity index (χ0n) is 10.9. The number of primary amides is 1. The van der Waals surface area contributed by atoms with Crippen molar-refractivity contribution in [3.05, 3.63) is 48.2 Å². The minimum Gasteiger partial charge on any atom is -0.353 e. The summed E-state index contributed by atoms with van der Waals surface area (Å²) in [6, 6.07) is 9.10. The van der Waals surface area contributed by atoms with Gasteiger partial charge in [-0.3, -0.25) is 14.8 Å². The number of nitrogens with one attached hydrogen (secondary N) is 2. The van der Waals surface area contributed by atoms with Gasteiger partial charge in [-0.2, -0.15) is 5.10 Å². The molecule has 0 bridgehead atoms. The first-order chi connectivity index (χ1) is 9.56. The predicted molar refractivity (Wildman–Crippen MR) is 73.7 cm³/mol. The number of nitrogens with two attached hydrogens (primary N) is 1. The van der Waals surface area contributed by atoms with Crippen LogP contribution in [0.4, 0.5) is 10.6 Å². The molecule has 7 nitrogen and oxygen atoms in total. The molecule has 0 radical (unpaired) electrons. The molecule has 2 aromatic rings. The van der Waals surface area contributed by atoms with Crippen molar-refractivity contribution >= 4 is 17.8 Å². The van der Waals surface area contributed by atoms with Gasteiger partial charge in [-0.15, -0.1) is 0 Å². The van der Waals surface area contributed by atoms with E-state index >= 15 is 0 Å². The van der Waals surface area contributed by atoms with Crippen molar-refractivity contribution in [1.29, 1.82) is 0 Å². The Balaban J connectivity index is 2.24. The molecule has 3 amide bonds. The number of aryl methyl sites for hydroxylation is 1. The Labute approximate surface area is 115 Å². The second kappa shape index (κ2) is 5.87. The molecule has 4 N–H and O–H groups in total. The van der Waals surface area contributed by atoms with E-state index in [1.54, 1.807) is 48.3 Å². The van der Waals surface area contributed by atoms with E-state index in [2.05, 4.69) is 15.7 Å². The average molecular weight is 273 g/mol. The molecule has 2 rings (SSSR count). The van der Waals surface area contributed by atoms with Gasteiger partial charge in [0.25, 0.3) is 5.91 Å². The third kappa shape index (κ3) is 3.35. The summed E-state index contributed by atoms with van der Waals surface area (Å²) in [5.74, 6) is -0.00433. The van der Waals surface area contributed by atoms with Crippen molar-refractivity contribution < 1.29 is 9.59 Å². The molecular weight excluding hydrogens is 258 g/mol. The first-order valence-electron chi connectivity index (χ1n) is 5.97. The fraction of sp³-hybridized carbons (Fsp3) is 0.154. The first kappa shape index (κ1) is 13.6. The third-order valence-corrected chi connectivity index (χ3v) is 2.65. The second-order valence-corrected chi connectivity index (χ2v) is 4.22. The van der Waals surface area contributed by atoms with Crippen LogP contribution in [0.25, 0.3) is 0 Å². The van der Waals surface area contributed by atoms with E-state index in [1.165, 1.54) is 0 Å². The van der Waals surface area contributed by atoms with Gasteiger partial charge in [-0.05, 0) is 5.56 Å². The van der Waals surface area contributed by atoms with Gasteiger partial charge in [0.05, 0.1) is 0 Å². The van der Waals surface area contributed by atoms with E-state index in [9.17, 15) is 9.59 Å². The van der Waals surface area contributed by atoms with Crippen molar-refractivity contribution in [2.45, 2.75) is 6.04 Å². The van der Waals surface area contributed by atoms with E-state index in [1.807, 2.05) is 6.07 Å². The number of urea groups is 1. The molecule has 0 fully saturated rings. The van der Waals surface area contributed by atoms with Gasteiger partial charge in [-0.25, -0.2) is 4.79 Å².